The number of hydrogen-bond donors (Lipinski definition) is 0. The lowest BCUT2D eigenvalue weighted by Gasteiger charge is -2.10. The summed E-state index contributed by atoms with van der Waals surface area (Å²) in [6, 6.07) is 3.88. The molecule has 0 unspecified atom stereocenters. The number of benzene rings is 1. The first-order valence-electron chi connectivity index (χ1n) is 6.78. The van der Waals surface area contributed by atoms with Crippen LogP contribution in [0.25, 0.3) is 0 Å². The van der Waals surface area contributed by atoms with Crippen LogP contribution in [0.4, 0.5) is 0 Å². The van der Waals surface area contributed by atoms with E-state index in [2.05, 4.69) is 6.92 Å². The van der Waals surface area contributed by atoms with Crippen molar-refractivity contribution in [3.8, 4) is 5.75 Å². The summed E-state index contributed by atoms with van der Waals surface area (Å²) in [5, 5.41) is 0. The standard InChI is InChI=1S/C16H24O2/c1-5-6-7-8-9-15(17)14-10-12(2)16(18-4)13(3)11-14/h10-11H,5-9H2,1-4H3. The number of methoxy groups -OCH3 is 1. The van der Waals surface area contributed by atoms with E-state index in [4.69, 9.17) is 4.74 Å². The number of carbonyl (C=O) groups excluding carboxylic acids is 1. The Morgan fingerprint density at radius 2 is 1.72 bits per heavy atom. The minimum Gasteiger partial charge on any atom is -0.496 e. The van der Waals surface area contributed by atoms with Crippen molar-refractivity contribution in [1.82, 2.24) is 0 Å². The summed E-state index contributed by atoms with van der Waals surface area (Å²) < 4.78 is 5.31. The first kappa shape index (κ1) is 14.7. The number of aryl methyl sites for hydroxylation is 2. The van der Waals surface area contributed by atoms with E-state index >= 15 is 0 Å². The summed E-state index contributed by atoms with van der Waals surface area (Å²) >= 11 is 0. The molecule has 0 aromatic heterocycles. The van der Waals surface area contributed by atoms with Crippen LogP contribution in [0.3, 0.4) is 0 Å². The van der Waals surface area contributed by atoms with Gasteiger partial charge in [-0.1, -0.05) is 26.2 Å². The van der Waals surface area contributed by atoms with Gasteiger partial charge in [-0.25, -0.2) is 0 Å². The maximum atomic E-state index is 12.1. The Morgan fingerprint density at radius 3 is 2.22 bits per heavy atom. The predicted molar refractivity (Wildman–Crippen MR) is 75.6 cm³/mol. The van der Waals surface area contributed by atoms with Gasteiger partial charge >= 0.3 is 0 Å². The lowest BCUT2D eigenvalue weighted by molar-refractivity contribution is 0.0979. The van der Waals surface area contributed by atoms with Gasteiger partial charge in [0, 0.05) is 12.0 Å². The summed E-state index contributed by atoms with van der Waals surface area (Å²) in [6.07, 6.45) is 5.22. The maximum absolute atomic E-state index is 12.1. The second-order valence-electron chi connectivity index (χ2n) is 4.88. The molecule has 0 fully saturated rings. The molecule has 0 heterocycles. The number of ketones is 1. The number of Topliss-reactive ketones (excluding diaryl/α,β-unsaturated/α-hetero) is 1. The highest BCUT2D eigenvalue weighted by molar-refractivity contribution is 5.96. The van der Waals surface area contributed by atoms with E-state index in [-0.39, 0.29) is 5.78 Å². The van der Waals surface area contributed by atoms with E-state index in [1.807, 2.05) is 26.0 Å². The fraction of sp³-hybridized carbons (Fsp3) is 0.562. The summed E-state index contributed by atoms with van der Waals surface area (Å²) in [6.45, 7) is 6.15. The van der Waals surface area contributed by atoms with Gasteiger partial charge in [0.25, 0.3) is 0 Å². The van der Waals surface area contributed by atoms with Crippen molar-refractivity contribution in [1.29, 1.82) is 0 Å². The molecule has 1 rings (SSSR count). The van der Waals surface area contributed by atoms with Crippen LogP contribution in [0.15, 0.2) is 12.1 Å². The van der Waals surface area contributed by atoms with E-state index in [0.717, 1.165) is 35.3 Å². The van der Waals surface area contributed by atoms with Crippen LogP contribution < -0.4 is 4.74 Å². The smallest absolute Gasteiger partial charge is 0.162 e. The Kier molecular flexibility index (Phi) is 5.90. The molecule has 1 aromatic carbocycles. The molecule has 0 saturated heterocycles. The van der Waals surface area contributed by atoms with Gasteiger partial charge in [0.05, 0.1) is 7.11 Å². The van der Waals surface area contributed by atoms with Gasteiger partial charge in [-0.3, -0.25) is 4.79 Å². The lowest BCUT2D eigenvalue weighted by atomic mass is 9.99. The Bertz CT molecular complexity index is 385. The van der Waals surface area contributed by atoms with Crippen LogP contribution >= 0.6 is 0 Å². The molecule has 0 radical (unpaired) electrons. The van der Waals surface area contributed by atoms with E-state index in [9.17, 15) is 4.79 Å². The second kappa shape index (κ2) is 7.20. The Morgan fingerprint density at radius 1 is 1.11 bits per heavy atom. The van der Waals surface area contributed by atoms with Crippen LogP contribution in [-0.2, 0) is 0 Å². The number of unbranched alkanes of at least 4 members (excludes halogenated alkanes) is 3. The highest BCUT2D eigenvalue weighted by Gasteiger charge is 2.10. The molecular formula is C16H24O2. The van der Waals surface area contributed by atoms with Crippen LogP contribution in [0.5, 0.6) is 5.75 Å². The minimum atomic E-state index is 0.250. The second-order valence-corrected chi connectivity index (χ2v) is 4.88. The van der Waals surface area contributed by atoms with Crippen LogP contribution in [0, 0.1) is 13.8 Å². The summed E-state index contributed by atoms with van der Waals surface area (Å²) in [5.41, 5.74) is 2.89. The number of carbonyl (C=O) groups is 1. The normalized spacial score (nSPS) is 10.4. The van der Waals surface area contributed by atoms with Gasteiger partial charge in [-0.2, -0.15) is 0 Å². The highest BCUT2D eigenvalue weighted by Crippen LogP contribution is 2.25. The largest absolute Gasteiger partial charge is 0.496 e. The average Bonchev–Trinajstić information content (AvgIpc) is 2.34. The van der Waals surface area contributed by atoms with Crippen LogP contribution in [0.2, 0.25) is 0 Å². The molecule has 0 aliphatic heterocycles. The first-order valence-corrected chi connectivity index (χ1v) is 6.78. The number of ether oxygens (including phenoxy) is 1. The Balaban J connectivity index is 2.69. The third kappa shape index (κ3) is 3.86. The summed E-state index contributed by atoms with van der Waals surface area (Å²) in [5.74, 6) is 1.14. The SMILES string of the molecule is CCCCCCC(=O)c1cc(C)c(OC)c(C)c1. The molecule has 0 N–H and O–H groups in total. The molecule has 0 aliphatic rings. The topological polar surface area (TPSA) is 26.3 Å². The van der Waals surface area contributed by atoms with Crippen molar-refractivity contribution in [3.63, 3.8) is 0 Å². The molecule has 18 heavy (non-hydrogen) atoms. The van der Waals surface area contributed by atoms with E-state index in [1.54, 1.807) is 7.11 Å². The molecule has 0 bridgehead atoms. The maximum Gasteiger partial charge on any atom is 0.162 e. The van der Waals surface area contributed by atoms with Crippen LogP contribution in [0.1, 0.15) is 60.5 Å². The molecular weight excluding hydrogens is 224 g/mol. The third-order valence-electron chi connectivity index (χ3n) is 3.24. The highest BCUT2D eigenvalue weighted by atomic mass is 16.5. The van der Waals surface area contributed by atoms with Gasteiger partial charge in [0.1, 0.15) is 5.75 Å². The molecule has 2 nitrogen and oxygen atoms in total. The summed E-state index contributed by atoms with van der Waals surface area (Å²) in [7, 11) is 1.67. The van der Waals surface area contributed by atoms with Gasteiger partial charge < -0.3 is 4.74 Å². The van der Waals surface area contributed by atoms with Gasteiger partial charge in [0.15, 0.2) is 5.78 Å². The molecule has 1 aromatic rings. The van der Waals surface area contributed by atoms with Crippen molar-refractivity contribution >= 4 is 5.78 Å². The molecule has 2 heteroatoms. The Hall–Kier alpha value is -1.31. The lowest BCUT2D eigenvalue weighted by Crippen LogP contribution is -2.02. The monoisotopic (exact) mass is 248 g/mol. The van der Waals surface area contributed by atoms with E-state index in [1.165, 1.54) is 12.8 Å². The van der Waals surface area contributed by atoms with E-state index < -0.39 is 0 Å². The van der Waals surface area contributed by atoms with Gasteiger partial charge in [-0.05, 0) is 43.5 Å². The fourth-order valence-corrected chi connectivity index (χ4v) is 2.29. The molecule has 0 atom stereocenters. The third-order valence-corrected chi connectivity index (χ3v) is 3.24. The number of rotatable bonds is 7. The Labute approximate surface area is 110 Å². The van der Waals surface area contributed by atoms with Crippen molar-refractivity contribution in [3.05, 3.63) is 28.8 Å². The zero-order chi connectivity index (χ0) is 13.5. The molecule has 0 amide bonds. The zero-order valence-electron chi connectivity index (χ0n) is 12.0. The quantitative estimate of drug-likeness (QED) is 0.526. The zero-order valence-corrected chi connectivity index (χ0v) is 12.0. The van der Waals surface area contributed by atoms with Crippen molar-refractivity contribution in [2.24, 2.45) is 0 Å². The van der Waals surface area contributed by atoms with Gasteiger partial charge in [-0.15, -0.1) is 0 Å². The first-order chi connectivity index (χ1) is 8.60. The van der Waals surface area contributed by atoms with Crippen molar-refractivity contribution in [2.75, 3.05) is 7.11 Å². The minimum absolute atomic E-state index is 0.250. The van der Waals surface area contributed by atoms with Crippen molar-refractivity contribution in [2.45, 2.75) is 52.9 Å². The van der Waals surface area contributed by atoms with Gasteiger partial charge in [0.2, 0.25) is 0 Å². The summed E-state index contributed by atoms with van der Waals surface area (Å²) in [4.78, 5) is 12.1. The molecule has 0 aliphatic carbocycles. The predicted octanol–water partition coefficient (Wildman–Crippen LogP) is 4.47. The number of hydrogen-bond acceptors (Lipinski definition) is 2. The molecule has 0 saturated carbocycles. The van der Waals surface area contributed by atoms with Crippen LogP contribution in [-0.4, -0.2) is 12.9 Å². The van der Waals surface area contributed by atoms with E-state index in [0.29, 0.717) is 6.42 Å². The molecule has 0 spiro atoms. The fourth-order valence-electron chi connectivity index (χ4n) is 2.29. The van der Waals surface area contributed by atoms with Crippen molar-refractivity contribution < 1.29 is 9.53 Å². The average molecular weight is 248 g/mol. The molecule has 100 valence electrons.